The Hall–Kier alpha value is -3.87. The molecule has 0 saturated heterocycles. The second-order valence-electron chi connectivity index (χ2n) is 9.06. The summed E-state index contributed by atoms with van der Waals surface area (Å²) in [6.07, 6.45) is 0.770. The first-order valence-corrected chi connectivity index (χ1v) is 11.1. The zero-order chi connectivity index (χ0) is 26.8. The van der Waals surface area contributed by atoms with Crippen molar-refractivity contribution in [2.45, 2.75) is 52.3 Å². The van der Waals surface area contributed by atoms with Crippen LogP contribution in [0.15, 0.2) is 30.8 Å². The van der Waals surface area contributed by atoms with E-state index in [4.69, 9.17) is 4.74 Å². The molecule has 190 valence electrons. The molecule has 3 amide bonds. The molecule has 1 aromatic carbocycles. The van der Waals surface area contributed by atoms with Crippen LogP contribution in [-0.2, 0) is 23.9 Å². The molecule has 0 fully saturated rings. The first kappa shape index (κ1) is 29.2. The van der Waals surface area contributed by atoms with Gasteiger partial charge in [0.25, 0.3) is 0 Å². The minimum Gasteiger partial charge on any atom is -0.468 e. The molecule has 2 N–H and O–H groups in total. The molecule has 0 aromatic heterocycles. The third-order valence-electron chi connectivity index (χ3n) is 4.79. The van der Waals surface area contributed by atoms with Crippen molar-refractivity contribution in [2.75, 3.05) is 20.2 Å². The Kier molecular flexibility index (Phi) is 10.9. The highest BCUT2D eigenvalue weighted by molar-refractivity contribution is 5.93. The first-order chi connectivity index (χ1) is 16.3. The summed E-state index contributed by atoms with van der Waals surface area (Å²) < 4.78 is 9.85. The molecule has 1 aromatic rings. The molecular formula is C25H34N4O6. The summed E-state index contributed by atoms with van der Waals surface area (Å²) in [5, 5.41) is 14.5. The van der Waals surface area contributed by atoms with Crippen LogP contribution in [0.4, 0.5) is 4.79 Å². The first-order valence-electron chi connectivity index (χ1n) is 11.1. The van der Waals surface area contributed by atoms with Crippen molar-refractivity contribution in [3.63, 3.8) is 0 Å². The van der Waals surface area contributed by atoms with Crippen molar-refractivity contribution < 1.29 is 28.7 Å². The monoisotopic (exact) mass is 486 g/mol. The zero-order valence-electron chi connectivity index (χ0n) is 21.1. The molecule has 0 saturated carbocycles. The van der Waals surface area contributed by atoms with E-state index in [0.717, 1.165) is 4.90 Å². The number of hydrogen-bond donors (Lipinski definition) is 2. The predicted octanol–water partition coefficient (Wildman–Crippen LogP) is 2.56. The number of hydrogen-bond acceptors (Lipinski definition) is 7. The number of carbonyl (C=O) groups is 4. The molecule has 0 aliphatic heterocycles. The molecule has 2 unspecified atom stereocenters. The normalized spacial score (nSPS) is 12.5. The van der Waals surface area contributed by atoms with Crippen LogP contribution in [0.3, 0.4) is 0 Å². The van der Waals surface area contributed by atoms with Gasteiger partial charge in [0.15, 0.2) is 0 Å². The molecule has 0 heterocycles. The lowest BCUT2D eigenvalue weighted by Crippen LogP contribution is -2.55. The van der Waals surface area contributed by atoms with Crippen molar-refractivity contribution in [1.82, 2.24) is 15.5 Å². The van der Waals surface area contributed by atoms with Gasteiger partial charge in [0.05, 0.1) is 13.2 Å². The number of esters is 1. The number of benzene rings is 1. The van der Waals surface area contributed by atoms with Crippen LogP contribution in [0.2, 0.25) is 0 Å². The summed E-state index contributed by atoms with van der Waals surface area (Å²) in [4.78, 5) is 52.0. The molecule has 0 aliphatic carbocycles. The van der Waals surface area contributed by atoms with Crippen molar-refractivity contribution >= 4 is 30.0 Å². The Morgan fingerprint density at radius 1 is 1.23 bits per heavy atom. The average Bonchev–Trinajstić information content (AvgIpc) is 2.79. The van der Waals surface area contributed by atoms with Gasteiger partial charge < -0.3 is 25.0 Å². The molecule has 0 bridgehead atoms. The third-order valence-corrected chi connectivity index (χ3v) is 4.79. The van der Waals surface area contributed by atoms with Crippen molar-refractivity contribution in [3.8, 4) is 6.07 Å². The largest absolute Gasteiger partial charge is 0.468 e. The quantitative estimate of drug-likeness (QED) is 0.383. The van der Waals surface area contributed by atoms with Gasteiger partial charge >= 0.3 is 12.1 Å². The highest BCUT2D eigenvalue weighted by Crippen LogP contribution is 2.25. The minimum atomic E-state index is -1.27. The molecule has 10 nitrogen and oxygen atoms in total. The Morgan fingerprint density at radius 2 is 1.89 bits per heavy atom. The van der Waals surface area contributed by atoms with Crippen molar-refractivity contribution in [3.05, 3.63) is 42.0 Å². The molecule has 10 heteroatoms. The van der Waals surface area contributed by atoms with Gasteiger partial charge in [0, 0.05) is 0 Å². The lowest BCUT2D eigenvalue weighted by atomic mass is 9.98. The number of rotatable bonds is 10. The summed E-state index contributed by atoms with van der Waals surface area (Å²) >= 11 is 0. The average molecular weight is 487 g/mol. The highest BCUT2D eigenvalue weighted by Gasteiger charge is 2.37. The summed E-state index contributed by atoms with van der Waals surface area (Å²) in [6.45, 7) is 11.3. The fraction of sp³-hybridized carbons (Fsp3) is 0.480. The SMILES string of the molecule is C=Cc1cccc(C(C(=O)NCC(=O)OC)N(CC#N)C(=O)C(NC(=O)OC(C)(C)C)C(C)C)c1. The molecular weight excluding hydrogens is 452 g/mol. The van der Waals surface area contributed by atoms with Crippen LogP contribution in [0.1, 0.15) is 51.8 Å². The molecule has 0 aliphatic rings. The number of nitriles is 1. The van der Waals surface area contributed by atoms with Gasteiger partial charge in [-0.05, 0) is 43.9 Å². The van der Waals surface area contributed by atoms with Gasteiger partial charge in [-0.25, -0.2) is 4.79 Å². The van der Waals surface area contributed by atoms with Crippen LogP contribution < -0.4 is 10.6 Å². The Labute approximate surface area is 206 Å². The van der Waals surface area contributed by atoms with E-state index in [1.807, 2.05) is 6.07 Å². The third kappa shape index (κ3) is 9.12. The Morgan fingerprint density at radius 3 is 2.40 bits per heavy atom. The van der Waals surface area contributed by atoms with E-state index in [9.17, 15) is 24.4 Å². The van der Waals surface area contributed by atoms with E-state index in [2.05, 4.69) is 21.9 Å². The van der Waals surface area contributed by atoms with E-state index < -0.39 is 60.6 Å². The van der Waals surface area contributed by atoms with Crippen LogP contribution >= 0.6 is 0 Å². The number of nitrogens with zero attached hydrogens (tertiary/aromatic N) is 2. The molecule has 1 rings (SSSR count). The number of alkyl carbamates (subject to hydrolysis) is 1. The summed E-state index contributed by atoms with van der Waals surface area (Å²) in [5.41, 5.74) is 0.292. The standard InChI is InChI=1S/C25H34N4O6/c1-8-17-10-9-11-18(14-17)21(22(31)27-15-19(30)34-7)29(13-12-26)23(32)20(16(2)3)28-24(33)35-25(4,5)6/h8-11,14,16,20-21H,1,13,15H2,2-7H3,(H,27,31)(H,28,33). The smallest absolute Gasteiger partial charge is 0.408 e. The number of methoxy groups -OCH3 is 1. The van der Waals surface area contributed by atoms with Gasteiger partial charge in [-0.1, -0.05) is 44.7 Å². The van der Waals surface area contributed by atoms with E-state index >= 15 is 0 Å². The van der Waals surface area contributed by atoms with Gasteiger partial charge in [0.2, 0.25) is 11.8 Å². The second-order valence-corrected chi connectivity index (χ2v) is 9.06. The summed E-state index contributed by atoms with van der Waals surface area (Å²) in [7, 11) is 1.18. The maximum Gasteiger partial charge on any atom is 0.408 e. The lowest BCUT2D eigenvalue weighted by Gasteiger charge is -2.34. The zero-order valence-corrected chi connectivity index (χ0v) is 21.1. The fourth-order valence-electron chi connectivity index (χ4n) is 3.16. The van der Waals surface area contributed by atoms with Crippen LogP contribution in [0.5, 0.6) is 0 Å². The molecule has 0 spiro atoms. The number of nitrogens with one attached hydrogen (secondary N) is 2. The van der Waals surface area contributed by atoms with Gasteiger partial charge in [0.1, 0.15) is 30.8 Å². The van der Waals surface area contributed by atoms with E-state index in [-0.39, 0.29) is 0 Å². The van der Waals surface area contributed by atoms with Gasteiger partial charge in [-0.3, -0.25) is 14.4 Å². The number of amides is 3. The highest BCUT2D eigenvalue weighted by atomic mass is 16.6. The van der Waals surface area contributed by atoms with E-state index in [1.54, 1.807) is 65.0 Å². The van der Waals surface area contributed by atoms with E-state index in [1.165, 1.54) is 7.11 Å². The lowest BCUT2D eigenvalue weighted by molar-refractivity contribution is -0.144. The molecule has 0 radical (unpaired) electrons. The summed E-state index contributed by atoms with van der Waals surface area (Å²) in [5.74, 6) is -2.43. The van der Waals surface area contributed by atoms with E-state index in [0.29, 0.717) is 11.1 Å². The maximum atomic E-state index is 13.7. The van der Waals surface area contributed by atoms with Crippen LogP contribution in [-0.4, -0.2) is 60.6 Å². The topological polar surface area (TPSA) is 138 Å². The van der Waals surface area contributed by atoms with Gasteiger partial charge in [-0.15, -0.1) is 0 Å². The number of carbonyl (C=O) groups excluding carboxylic acids is 4. The van der Waals surface area contributed by atoms with Crippen molar-refractivity contribution in [1.29, 1.82) is 5.26 Å². The number of ether oxygens (including phenoxy) is 2. The molecule has 2 atom stereocenters. The maximum absolute atomic E-state index is 13.7. The predicted molar refractivity (Wildman–Crippen MR) is 130 cm³/mol. The van der Waals surface area contributed by atoms with Crippen LogP contribution in [0, 0.1) is 17.2 Å². The van der Waals surface area contributed by atoms with Crippen molar-refractivity contribution in [2.24, 2.45) is 5.92 Å². The van der Waals surface area contributed by atoms with Crippen LogP contribution in [0.25, 0.3) is 6.08 Å². The molecule has 35 heavy (non-hydrogen) atoms. The minimum absolute atomic E-state index is 0.394. The van der Waals surface area contributed by atoms with Gasteiger partial charge in [-0.2, -0.15) is 5.26 Å². The summed E-state index contributed by atoms with van der Waals surface area (Å²) in [6, 6.07) is 6.27. The Bertz CT molecular complexity index is 977. The second kappa shape index (κ2) is 13.1. The fourth-order valence-corrected chi connectivity index (χ4v) is 3.16. The Balaban J connectivity index is 3.46.